The molecule has 2 aliphatic heterocycles. The monoisotopic (exact) mass is 324 g/mol. The zero-order valence-electron chi connectivity index (χ0n) is 14.6. The van der Waals surface area contributed by atoms with Gasteiger partial charge in [-0.15, -0.1) is 0 Å². The molecule has 6 heteroatoms. The normalized spacial score (nSPS) is 31.5. The van der Waals surface area contributed by atoms with Crippen LogP contribution in [0.25, 0.3) is 0 Å². The maximum atomic E-state index is 12.5. The van der Waals surface area contributed by atoms with Gasteiger partial charge in [-0.25, -0.2) is 0 Å². The van der Waals surface area contributed by atoms with Crippen LogP contribution in [0.2, 0.25) is 0 Å². The van der Waals surface area contributed by atoms with Crippen LogP contribution in [0.4, 0.5) is 0 Å². The van der Waals surface area contributed by atoms with Crippen molar-refractivity contribution in [3.8, 4) is 0 Å². The number of methoxy groups -OCH3 is 2. The van der Waals surface area contributed by atoms with E-state index in [9.17, 15) is 9.59 Å². The molecule has 2 atom stereocenters. The lowest BCUT2D eigenvalue weighted by molar-refractivity contribution is -0.163. The van der Waals surface area contributed by atoms with E-state index >= 15 is 0 Å². The minimum absolute atomic E-state index is 0.000409. The molecule has 130 valence electrons. The van der Waals surface area contributed by atoms with Crippen LogP contribution in [0.3, 0.4) is 0 Å². The highest BCUT2D eigenvalue weighted by molar-refractivity contribution is 5.84. The molecule has 6 nitrogen and oxygen atoms in total. The molecule has 23 heavy (non-hydrogen) atoms. The molecule has 1 aliphatic carbocycles. The van der Waals surface area contributed by atoms with E-state index in [4.69, 9.17) is 9.47 Å². The van der Waals surface area contributed by atoms with E-state index in [1.165, 1.54) is 0 Å². The van der Waals surface area contributed by atoms with Crippen molar-refractivity contribution < 1.29 is 19.1 Å². The summed E-state index contributed by atoms with van der Waals surface area (Å²) in [4.78, 5) is 28.8. The molecule has 0 aromatic carbocycles. The van der Waals surface area contributed by atoms with E-state index in [1.807, 2.05) is 23.6 Å². The van der Waals surface area contributed by atoms with Crippen molar-refractivity contribution >= 4 is 11.8 Å². The molecule has 0 unspecified atom stereocenters. The van der Waals surface area contributed by atoms with Crippen LogP contribution in [0.15, 0.2) is 0 Å². The molecule has 2 saturated heterocycles. The molecule has 3 aliphatic rings. The topological polar surface area (TPSA) is 59.1 Å². The van der Waals surface area contributed by atoms with Crippen molar-refractivity contribution in [3.63, 3.8) is 0 Å². The Kier molecular flexibility index (Phi) is 4.17. The van der Waals surface area contributed by atoms with E-state index in [0.29, 0.717) is 32.6 Å². The minimum atomic E-state index is -0.189. The molecule has 0 aromatic heterocycles. The van der Waals surface area contributed by atoms with Crippen LogP contribution in [0.1, 0.15) is 33.1 Å². The highest BCUT2D eigenvalue weighted by Gasteiger charge is 2.48. The Morgan fingerprint density at radius 3 is 1.48 bits per heavy atom. The fourth-order valence-electron chi connectivity index (χ4n) is 4.04. The Labute approximate surface area is 138 Å². The fraction of sp³-hybridized carbons (Fsp3) is 0.882. The summed E-state index contributed by atoms with van der Waals surface area (Å²) in [6.07, 6.45) is 2.34. The second-order valence-corrected chi connectivity index (χ2v) is 7.90. The zero-order valence-corrected chi connectivity index (χ0v) is 14.6. The van der Waals surface area contributed by atoms with Crippen LogP contribution < -0.4 is 0 Å². The zero-order chi connectivity index (χ0) is 16.8. The van der Waals surface area contributed by atoms with Crippen LogP contribution >= 0.6 is 0 Å². The molecule has 3 rings (SSSR count). The second-order valence-electron chi connectivity index (χ2n) is 7.90. The van der Waals surface area contributed by atoms with Gasteiger partial charge in [-0.2, -0.15) is 0 Å². The molecule has 2 heterocycles. The summed E-state index contributed by atoms with van der Waals surface area (Å²) >= 11 is 0. The fourth-order valence-corrected chi connectivity index (χ4v) is 4.04. The SMILES string of the molecule is COC1(C)CN(C(=O)[C@@H]2CC[C@H](C(=O)N3CC(C)(OC)C3)C2)C1. The number of rotatable bonds is 4. The predicted molar refractivity (Wildman–Crippen MR) is 84.8 cm³/mol. The van der Waals surface area contributed by atoms with Gasteiger partial charge in [0.05, 0.1) is 37.4 Å². The first-order valence-corrected chi connectivity index (χ1v) is 8.47. The summed E-state index contributed by atoms with van der Waals surface area (Å²) < 4.78 is 10.8. The van der Waals surface area contributed by atoms with Gasteiger partial charge in [-0.3, -0.25) is 9.59 Å². The lowest BCUT2D eigenvalue weighted by atomic mass is 9.92. The third-order valence-corrected chi connectivity index (χ3v) is 5.84. The number of amides is 2. The first-order chi connectivity index (χ1) is 10.8. The minimum Gasteiger partial charge on any atom is -0.375 e. The third kappa shape index (κ3) is 2.98. The van der Waals surface area contributed by atoms with E-state index in [0.717, 1.165) is 12.8 Å². The quantitative estimate of drug-likeness (QED) is 0.771. The first-order valence-electron chi connectivity index (χ1n) is 8.47. The van der Waals surface area contributed by atoms with E-state index in [1.54, 1.807) is 14.2 Å². The summed E-state index contributed by atoms with van der Waals surface area (Å²) in [5.41, 5.74) is -0.378. The second kappa shape index (κ2) is 5.74. The molecule has 2 amide bonds. The van der Waals surface area contributed by atoms with Crippen LogP contribution in [0, 0.1) is 11.8 Å². The van der Waals surface area contributed by atoms with Gasteiger partial charge in [-0.05, 0) is 33.1 Å². The summed E-state index contributed by atoms with van der Waals surface area (Å²) in [7, 11) is 3.37. The number of ether oxygens (including phenoxy) is 2. The summed E-state index contributed by atoms with van der Waals surface area (Å²) in [6.45, 7) is 6.69. The van der Waals surface area contributed by atoms with Crippen LogP contribution in [-0.2, 0) is 19.1 Å². The molecule has 0 spiro atoms. The Bertz CT molecular complexity index is 451. The highest BCUT2D eigenvalue weighted by atomic mass is 16.5. The molecule has 0 radical (unpaired) electrons. The van der Waals surface area contributed by atoms with E-state index in [2.05, 4.69) is 0 Å². The van der Waals surface area contributed by atoms with Gasteiger partial charge in [-0.1, -0.05) is 0 Å². The Morgan fingerprint density at radius 2 is 1.17 bits per heavy atom. The number of hydrogen-bond donors (Lipinski definition) is 0. The van der Waals surface area contributed by atoms with Crippen LogP contribution in [0.5, 0.6) is 0 Å². The summed E-state index contributed by atoms with van der Waals surface area (Å²) in [6, 6.07) is 0. The highest BCUT2D eigenvalue weighted by Crippen LogP contribution is 2.37. The van der Waals surface area contributed by atoms with Gasteiger partial charge in [0.25, 0.3) is 0 Å². The van der Waals surface area contributed by atoms with Crippen molar-refractivity contribution in [2.45, 2.75) is 44.3 Å². The maximum absolute atomic E-state index is 12.5. The first kappa shape index (κ1) is 16.7. The van der Waals surface area contributed by atoms with E-state index in [-0.39, 0.29) is 34.9 Å². The summed E-state index contributed by atoms with van der Waals surface area (Å²) in [5, 5.41) is 0. The van der Waals surface area contributed by atoms with Crippen molar-refractivity contribution in [1.82, 2.24) is 9.80 Å². The predicted octanol–water partition coefficient (Wildman–Crippen LogP) is 0.897. The molecule has 0 bridgehead atoms. The Balaban J connectivity index is 1.48. The van der Waals surface area contributed by atoms with E-state index < -0.39 is 0 Å². The number of carbonyl (C=O) groups is 2. The van der Waals surface area contributed by atoms with Crippen LogP contribution in [-0.4, -0.2) is 73.2 Å². The average molecular weight is 324 g/mol. The standard InChI is InChI=1S/C17H28N2O4/c1-16(22-3)8-18(9-16)14(20)12-5-6-13(7-12)15(21)19-10-17(2,11-19)23-4/h12-13H,5-11H2,1-4H3/t12-,13+. The lowest BCUT2D eigenvalue weighted by Crippen LogP contribution is -2.64. The number of carbonyl (C=O) groups excluding carboxylic acids is 2. The smallest absolute Gasteiger partial charge is 0.225 e. The number of hydrogen-bond acceptors (Lipinski definition) is 4. The summed E-state index contributed by atoms with van der Waals surface area (Å²) in [5.74, 6) is 0.390. The van der Waals surface area contributed by atoms with Crippen molar-refractivity contribution in [2.24, 2.45) is 11.8 Å². The maximum Gasteiger partial charge on any atom is 0.225 e. The van der Waals surface area contributed by atoms with Crippen molar-refractivity contribution in [3.05, 3.63) is 0 Å². The van der Waals surface area contributed by atoms with Gasteiger partial charge in [0.1, 0.15) is 0 Å². The molecule has 0 N–H and O–H groups in total. The Morgan fingerprint density at radius 1 is 0.826 bits per heavy atom. The molecule has 3 fully saturated rings. The van der Waals surface area contributed by atoms with Gasteiger partial charge in [0.15, 0.2) is 0 Å². The average Bonchev–Trinajstić information content (AvgIpc) is 2.97. The Hall–Kier alpha value is -1.14. The van der Waals surface area contributed by atoms with Gasteiger partial charge in [0, 0.05) is 26.1 Å². The van der Waals surface area contributed by atoms with Gasteiger partial charge in [0.2, 0.25) is 11.8 Å². The molecule has 0 aromatic rings. The largest absolute Gasteiger partial charge is 0.375 e. The van der Waals surface area contributed by atoms with Crippen molar-refractivity contribution in [1.29, 1.82) is 0 Å². The van der Waals surface area contributed by atoms with Gasteiger partial charge < -0.3 is 19.3 Å². The molecule has 1 saturated carbocycles. The van der Waals surface area contributed by atoms with Crippen molar-refractivity contribution in [2.75, 3.05) is 40.4 Å². The van der Waals surface area contributed by atoms with Gasteiger partial charge >= 0.3 is 0 Å². The molecular weight excluding hydrogens is 296 g/mol. The molecular formula is C17H28N2O4. The third-order valence-electron chi connectivity index (χ3n) is 5.84. The number of likely N-dealkylation sites (tertiary alicyclic amines) is 2. The lowest BCUT2D eigenvalue weighted by Gasteiger charge is -2.48. The number of nitrogens with zero attached hydrogens (tertiary/aromatic N) is 2.